The number of hydrogen-bond acceptors (Lipinski definition) is 3. The lowest BCUT2D eigenvalue weighted by atomic mass is 10.2. The molecule has 0 bridgehead atoms. The highest BCUT2D eigenvalue weighted by atomic mass is 127. The molecule has 0 amide bonds. The SMILES string of the molecule is CCNC(=NCCCOCC1CCCO1)N(C)Cc1cccc(F)c1.I. The van der Waals surface area contributed by atoms with Crippen molar-refractivity contribution in [2.75, 3.05) is 40.0 Å². The Morgan fingerprint density at radius 3 is 3.00 bits per heavy atom. The van der Waals surface area contributed by atoms with Gasteiger partial charge in [-0.05, 0) is 43.9 Å². The van der Waals surface area contributed by atoms with Crippen molar-refractivity contribution in [2.24, 2.45) is 4.99 Å². The molecular formula is C19H31FIN3O2. The summed E-state index contributed by atoms with van der Waals surface area (Å²) in [6.45, 7) is 6.38. The molecule has 1 aliphatic rings. The molecule has 0 radical (unpaired) electrons. The van der Waals surface area contributed by atoms with Crippen LogP contribution in [0.2, 0.25) is 0 Å². The zero-order valence-electron chi connectivity index (χ0n) is 15.7. The topological polar surface area (TPSA) is 46.1 Å². The molecule has 5 nitrogen and oxygen atoms in total. The van der Waals surface area contributed by atoms with Gasteiger partial charge in [-0.1, -0.05) is 12.1 Å². The van der Waals surface area contributed by atoms with E-state index in [0.717, 1.165) is 43.9 Å². The highest BCUT2D eigenvalue weighted by Crippen LogP contribution is 2.12. The number of nitrogens with zero attached hydrogens (tertiary/aromatic N) is 2. The van der Waals surface area contributed by atoms with Crippen LogP contribution in [-0.4, -0.2) is 56.9 Å². The monoisotopic (exact) mass is 479 g/mol. The number of nitrogens with one attached hydrogen (secondary N) is 1. The van der Waals surface area contributed by atoms with Gasteiger partial charge in [0.1, 0.15) is 5.82 Å². The summed E-state index contributed by atoms with van der Waals surface area (Å²) in [6, 6.07) is 6.66. The number of benzene rings is 1. The van der Waals surface area contributed by atoms with E-state index in [1.165, 1.54) is 6.07 Å². The minimum atomic E-state index is -0.212. The highest BCUT2D eigenvalue weighted by Gasteiger charge is 2.14. The van der Waals surface area contributed by atoms with Gasteiger partial charge < -0.3 is 19.7 Å². The summed E-state index contributed by atoms with van der Waals surface area (Å²) in [6.07, 6.45) is 3.39. The number of aliphatic imine (C=N–C) groups is 1. The fourth-order valence-electron chi connectivity index (χ4n) is 2.80. The molecule has 1 aromatic carbocycles. The smallest absolute Gasteiger partial charge is 0.193 e. The van der Waals surface area contributed by atoms with Crippen molar-refractivity contribution in [3.8, 4) is 0 Å². The van der Waals surface area contributed by atoms with Crippen LogP contribution in [0, 0.1) is 5.82 Å². The third-order valence-electron chi connectivity index (χ3n) is 4.04. The molecule has 1 aliphatic heterocycles. The zero-order valence-corrected chi connectivity index (χ0v) is 18.1. The van der Waals surface area contributed by atoms with Crippen LogP contribution in [0.3, 0.4) is 0 Å². The Balaban J connectivity index is 0.00000338. The van der Waals surface area contributed by atoms with Gasteiger partial charge in [0.15, 0.2) is 5.96 Å². The number of guanidine groups is 1. The van der Waals surface area contributed by atoms with Crippen molar-refractivity contribution >= 4 is 29.9 Å². The lowest BCUT2D eigenvalue weighted by molar-refractivity contribution is 0.0170. The van der Waals surface area contributed by atoms with Crippen LogP contribution in [-0.2, 0) is 16.0 Å². The number of halogens is 2. The fraction of sp³-hybridized carbons (Fsp3) is 0.632. The van der Waals surface area contributed by atoms with Crippen LogP contribution in [0.25, 0.3) is 0 Å². The summed E-state index contributed by atoms with van der Waals surface area (Å²) in [5.41, 5.74) is 0.924. The van der Waals surface area contributed by atoms with Gasteiger partial charge >= 0.3 is 0 Å². The van der Waals surface area contributed by atoms with Gasteiger partial charge in [0.25, 0.3) is 0 Å². The first kappa shape index (κ1) is 23.1. The lowest BCUT2D eigenvalue weighted by Crippen LogP contribution is -2.38. The van der Waals surface area contributed by atoms with E-state index < -0.39 is 0 Å². The van der Waals surface area contributed by atoms with E-state index in [1.54, 1.807) is 12.1 Å². The summed E-state index contributed by atoms with van der Waals surface area (Å²) in [5.74, 6) is 0.613. The molecule has 26 heavy (non-hydrogen) atoms. The maximum Gasteiger partial charge on any atom is 0.193 e. The Bertz CT molecular complexity index is 539. The summed E-state index contributed by atoms with van der Waals surface area (Å²) in [7, 11) is 1.96. The molecule has 1 heterocycles. The molecule has 7 heteroatoms. The molecule has 1 aromatic rings. The van der Waals surface area contributed by atoms with Gasteiger partial charge in [-0.2, -0.15) is 0 Å². The minimum Gasteiger partial charge on any atom is -0.379 e. The van der Waals surface area contributed by atoms with Crippen LogP contribution in [0.4, 0.5) is 4.39 Å². The van der Waals surface area contributed by atoms with E-state index >= 15 is 0 Å². The first-order valence-electron chi connectivity index (χ1n) is 9.12. The molecule has 148 valence electrons. The maximum absolute atomic E-state index is 13.3. The quantitative estimate of drug-likeness (QED) is 0.255. The minimum absolute atomic E-state index is 0. The van der Waals surface area contributed by atoms with Crippen LogP contribution in [0.5, 0.6) is 0 Å². The van der Waals surface area contributed by atoms with Gasteiger partial charge in [-0.25, -0.2) is 4.39 Å². The molecule has 1 atom stereocenters. The first-order valence-corrected chi connectivity index (χ1v) is 9.12. The largest absolute Gasteiger partial charge is 0.379 e. The summed E-state index contributed by atoms with van der Waals surface area (Å²) in [5, 5.41) is 3.27. The zero-order chi connectivity index (χ0) is 17.9. The van der Waals surface area contributed by atoms with E-state index in [9.17, 15) is 4.39 Å². The molecule has 0 aliphatic carbocycles. The summed E-state index contributed by atoms with van der Waals surface area (Å²) < 4.78 is 24.5. The van der Waals surface area contributed by atoms with Gasteiger partial charge in [0, 0.05) is 39.9 Å². The molecule has 2 rings (SSSR count). The van der Waals surface area contributed by atoms with E-state index in [0.29, 0.717) is 26.3 Å². The Morgan fingerprint density at radius 2 is 2.31 bits per heavy atom. The summed E-state index contributed by atoms with van der Waals surface area (Å²) >= 11 is 0. The van der Waals surface area contributed by atoms with Crippen molar-refractivity contribution in [2.45, 2.75) is 38.8 Å². The van der Waals surface area contributed by atoms with Crippen molar-refractivity contribution < 1.29 is 13.9 Å². The van der Waals surface area contributed by atoms with Crippen LogP contribution in [0.1, 0.15) is 31.7 Å². The second-order valence-electron chi connectivity index (χ2n) is 6.29. The average molecular weight is 479 g/mol. The molecule has 0 saturated carbocycles. The van der Waals surface area contributed by atoms with Crippen molar-refractivity contribution in [1.82, 2.24) is 10.2 Å². The third kappa shape index (κ3) is 8.64. The van der Waals surface area contributed by atoms with Crippen LogP contribution in [0.15, 0.2) is 29.3 Å². The van der Waals surface area contributed by atoms with Crippen molar-refractivity contribution in [3.05, 3.63) is 35.6 Å². The van der Waals surface area contributed by atoms with Gasteiger partial charge in [0.2, 0.25) is 0 Å². The van der Waals surface area contributed by atoms with E-state index in [4.69, 9.17) is 9.47 Å². The lowest BCUT2D eigenvalue weighted by Gasteiger charge is -2.22. The molecule has 0 aromatic heterocycles. The Hall–Kier alpha value is -0.930. The summed E-state index contributed by atoms with van der Waals surface area (Å²) in [4.78, 5) is 6.63. The average Bonchev–Trinajstić information content (AvgIpc) is 3.10. The predicted octanol–water partition coefficient (Wildman–Crippen LogP) is 3.43. The van der Waals surface area contributed by atoms with Crippen LogP contribution >= 0.6 is 24.0 Å². The molecule has 1 fully saturated rings. The van der Waals surface area contributed by atoms with Gasteiger partial charge in [-0.15, -0.1) is 24.0 Å². The number of rotatable bonds is 9. The number of hydrogen-bond donors (Lipinski definition) is 1. The Morgan fingerprint density at radius 1 is 1.46 bits per heavy atom. The van der Waals surface area contributed by atoms with Gasteiger partial charge in [-0.3, -0.25) is 4.99 Å². The molecule has 1 N–H and O–H groups in total. The third-order valence-corrected chi connectivity index (χ3v) is 4.04. The molecular weight excluding hydrogens is 448 g/mol. The Labute approximate surface area is 173 Å². The van der Waals surface area contributed by atoms with Crippen molar-refractivity contribution in [3.63, 3.8) is 0 Å². The normalized spacial score (nSPS) is 17.0. The van der Waals surface area contributed by atoms with Crippen molar-refractivity contribution in [1.29, 1.82) is 0 Å². The van der Waals surface area contributed by atoms with Crippen LogP contribution < -0.4 is 5.32 Å². The standard InChI is InChI=1S/C19H30FN3O2.HI/c1-3-21-19(23(2)14-16-7-4-8-17(20)13-16)22-10-6-11-24-15-18-9-5-12-25-18;/h4,7-8,13,18H,3,5-6,9-12,14-15H2,1-2H3,(H,21,22);1H. The molecule has 1 saturated heterocycles. The molecule has 0 spiro atoms. The van der Waals surface area contributed by atoms with Gasteiger partial charge in [0.05, 0.1) is 12.7 Å². The van der Waals surface area contributed by atoms with E-state index in [1.807, 2.05) is 24.9 Å². The fourth-order valence-corrected chi connectivity index (χ4v) is 2.80. The maximum atomic E-state index is 13.3. The van der Waals surface area contributed by atoms with E-state index in [2.05, 4.69) is 10.3 Å². The van der Waals surface area contributed by atoms with E-state index in [-0.39, 0.29) is 35.9 Å². The number of ether oxygens (including phenoxy) is 2. The Kier molecular flexibility index (Phi) is 11.8. The second kappa shape index (κ2) is 13.3. The molecule has 1 unspecified atom stereocenters. The highest BCUT2D eigenvalue weighted by molar-refractivity contribution is 14.0. The first-order chi connectivity index (χ1) is 12.2. The predicted molar refractivity (Wildman–Crippen MR) is 114 cm³/mol. The second-order valence-corrected chi connectivity index (χ2v) is 6.29.